The first-order valence-corrected chi connectivity index (χ1v) is 12.5. The molecule has 4 amide bonds. The first kappa shape index (κ1) is 23.7. The molecule has 0 spiro atoms. The van der Waals surface area contributed by atoms with E-state index in [-0.39, 0.29) is 17.9 Å². The van der Waals surface area contributed by atoms with Crippen LogP contribution in [0.25, 0.3) is 10.8 Å². The predicted octanol–water partition coefficient (Wildman–Crippen LogP) is 5.44. The summed E-state index contributed by atoms with van der Waals surface area (Å²) in [4.78, 5) is 55.5. The van der Waals surface area contributed by atoms with Crippen LogP contribution in [0.1, 0.15) is 87.4 Å². The Morgan fingerprint density at radius 1 is 0.694 bits per heavy atom. The Hall–Kier alpha value is -4.00. The number of rotatable bonds is 8. The maximum absolute atomic E-state index is 13.5. The Morgan fingerprint density at radius 2 is 1.19 bits per heavy atom. The number of unbranched alkanes of at least 4 members (excludes halogenated alkanes) is 3. The minimum absolute atomic E-state index is 0.240. The van der Waals surface area contributed by atoms with Crippen LogP contribution in [0.15, 0.2) is 54.6 Å². The Balaban J connectivity index is 1.56. The quantitative estimate of drug-likeness (QED) is 0.315. The third kappa shape index (κ3) is 3.58. The molecule has 0 aliphatic carbocycles. The number of carbonyl (C=O) groups excluding carboxylic acids is 4. The highest BCUT2D eigenvalue weighted by atomic mass is 16.2. The maximum atomic E-state index is 13.5. The molecule has 0 saturated carbocycles. The van der Waals surface area contributed by atoms with Gasteiger partial charge in [0.05, 0.1) is 16.8 Å². The molecule has 2 aliphatic heterocycles. The lowest BCUT2D eigenvalue weighted by Gasteiger charge is -2.37. The number of hydrazine groups is 1. The zero-order valence-corrected chi connectivity index (χ0v) is 20.8. The van der Waals surface area contributed by atoms with Gasteiger partial charge in [-0.3, -0.25) is 29.1 Å². The fourth-order valence-corrected chi connectivity index (χ4v) is 5.31. The molecular weight excluding hydrogens is 454 g/mol. The van der Waals surface area contributed by atoms with Crippen LogP contribution in [0, 0.1) is 0 Å². The van der Waals surface area contributed by atoms with E-state index in [1.54, 1.807) is 31.3 Å². The lowest BCUT2D eigenvalue weighted by Crippen LogP contribution is -2.51. The zero-order valence-electron chi connectivity index (χ0n) is 20.8. The van der Waals surface area contributed by atoms with E-state index in [2.05, 4.69) is 6.92 Å². The highest BCUT2D eigenvalue weighted by molar-refractivity contribution is 6.33. The largest absolute Gasteiger partial charge is 0.280 e. The van der Waals surface area contributed by atoms with Gasteiger partial charge in [-0.1, -0.05) is 50.8 Å². The smallest absolute Gasteiger partial charge is 0.278 e. The number of carbonyl (C=O) groups is 4. The molecular formula is C29H29N3O4. The topological polar surface area (TPSA) is 78.0 Å². The molecule has 0 aromatic heterocycles. The second kappa shape index (κ2) is 9.22. The van der Waals surface area contributed by atoms with Crippen LogP contribution >= 0.6 is 0 Å². The zero-order chi connectivity index (χ0) is 25.6. The summed E-state index contributed by atoms with van der Waals surface area (Å²) >= 11 is 0. The highest BCUT2D eigenvalue weighted by Gasteiger charge is 2.42. The lowest BCUT2D eigenvalue weighted by molar-refractivity contribution is 0.0535. The highest BCUT2D eigenvalue weighted by Crippen LogP contribution is 2.39. The fraction of sp³-hybridized carbons (Fsp3) is 0.310. The van der Waals surface area contributed by atoms with E-state index in [4.69, 9.17) is 0 Å². The molecule has 0 N–H and O–H groups in total. The van der Waals surface area contributed by atoms with Crippen molar-refractivity contribution in [3.05, 3.63) is 76.9 Å². The van der Waals surface area contributed by atoms with Crippen molar-refractivity contribution in [2.75, 3.05) is 12.1 Å². The third-order valence-electron chi connectivity index (χ3n) is 7.25. The average molecular weight is 484 g/mol. The van der Waals surface area contributed by atoms with Crippen molar-refractivity contribution < 1.29 is 19.2 Å². The molecule has 7 nitrogen and oxygen atoms in total. The van der Waals surface area contributed by atoms with Gasteiger partial charge in [-0.15, -0.1) is 0 Å². The Kier molecular flexibility index (Phi) is 6.08. The summed E-state index contributed by atoms with van der Waals surface area (Å²) in [6, 6.07) is 15.3. The molecule has 2 heterocycles. The number of anilines is 1. The predicted molar refractivity (Wildman–Crippen MR) is 138 cm³/mol. The Labute approximate surface area is 210 Å². The molecule has 2 aliphatic rings. The van der Waals surface area contributed by atoms with E-state index in [0.717, 1.165) is 37.1 Å². The van der Waals surface area contributed by atoms with Gasteiger partial charge in [0.25, 0.3) is 23.6 Å². The Morgan fingerprint density at radius 3 is 1.69 bits per heavy atom. The van der Waals surface area contributed by atoms with Crippen molar-refractivity contribution in [1.82, 2.24) is 9.91 Å². The molecule has 0 saturated heterocycles. The Bertz CT molecular complexity index is 1330. The SMILES string of the molecule is CCCCCCC(C)N1C(=O)c2ccc3c4c(ccc(c24)C1=O)C(=O)N(N(C)c1ccccc1)C3=O. The molecule has 3 aromatic carbocycles. The van der Waals surface area contributed by atoms with Crippen molar-refractivity contribution in [3.8, 4) is 0 Å². The summed E-state index contributed by atoms with van der Waals surface area (Å²) in [7, 11) is 1.66. The maximum Gasteiger partial charge on any atom is 0.280 e. The summed E-state index contributed by atoms with van der Waals surface area (Å²) in [5.74, 6) is -1.73. The van der Waals surface area contributed by atoms with Crippen LogP contribution in [0.5, 0.6) is 0 Å². The van der Waals surface area contributed by atoms with E-state index in [0.29, 0.717) is 38.7 Å². The summed E-state index contributed by atoms with van der Waals surface area (Å²) in [6.45, 7) is 4.05. The number of hydrogen-bond acceptors (Lipinski definition) is 5. The second-order valence-electron chi connectivity index (χ2n) is 9.53. The minimum Gasteiger partial charge on any atom is -0.278 e. The normalized spacial score (nSPS) is 15.6. The number of nitrogens with zero attached hydrogens (tertiary/aromatic N) is 3. The van der Waals surface area contributed by atoms with E-state index < -0.39 is 11.8 Å². The van der Waals surface area contributed by atoms with Crippen molar-refractivity contribution in [3.63, 3.8) is 0 Å². The molecule has 3 aromatic rings. The first-order chi connectivity index (χ1) is 17.4. The van der Waals surface area contributed by atoms with Gasteiger partial charge in [0.2, 0.25) is 0 Å². The van der Waals surface area contributed by atoms with Crippen LogP contribution in [0.2, 0.25) is 0 Å². The average Bonchev–Trinajstić information content (AvgIpc) is 2.89. The molecule has 7 heteroatoms. The van der Waals surface area contributed by atoms with Gasteiger partial charge < -0.3 is 0 Å². The standard InChI is InChI=1S/C29H29N3O4/c1-4-5-6-8-11-18(2)31-26(33)20-14-16-22-25-23(17-15-21(24(20)25)27(31)34)29(36)32(28(22)35)30(3)19-12-9-7-10-13-19/h7,9-10,12-18H,4-6,8,11H2,1-3H3. The monoisotopic (exact) mass is 483 g/mol. The van der Waals surface area contributed by atoms with Crippen molar-refractivity contribution in [2.45, 2.75) is 52.0 Å². The van der Waals surface area contributed by atoms with E-state index in [9.17, 15) is 19.2 Å². The van der Waals surface area contributed by atoms with Gasteiger partial charge in [-0.2, -0.15) is 5.01 Å². The van der Waals surface area contributed by atoms with Gasteiger partial charge in [-0.25, -0.2) is 0 Å². The van der Waals surface area contributed by atoms with Gasteiger partial charge in [0.1, 0.15) is 0 Å². The number of imide groups is 2. The van der Waals surface area contributed by atoms with Gasteiger partial charge in [0, 0.05) is 35.0 Å². The lowest BCUT2D eigenvalue weighted by atomic mass is 9.85. The summed E-state index contributed by atoms with van der Waals surface area (Å²) in [5.41, 5.74) is 2.00. The van der Waals surface area contributed by atoms with Crippen LogP contribution in [-0.4, -0.2) is 46.6 Å². The second-order valence-corrected chi connectivity index (χ2v) is 9.53. The molecule has 1 atom stereocenters. The summed E-state index contributed by atoms with van der Waals surface area (Å²) in [5, 5.41) is 3.41. The molecule has 184 valence electrons. The molecule has 0 fully saturated rings. The van der Waals surface area contributed by atoms with Gasteiger partial charge in [-0.05, 0) is 49.7 Å². The van der Waals surface area contributed by atoms with Crippen LogP contribution in [0.3, 0.4) is 0 Å². The molecule has 0 bridgehead atoms. The first-order valence-electron chi connectivity index (χ1n) is 12.5. The van der Waals surface area contributed by atoms with Gasteiger partial charge >= 0.3 is 0 Å². The molecule has 5 rings (SSSR count). The molecule has 0 radical (unpaired) electrons. The van der Waals surface area contributed by atoms with Gasteiger partial charge in [0.15, 0.2) is 0 Å². The van der Waals surface area contributed by atoms with Crippen molar-refractivity contribution in [1.29, 1.82) is 0 Å². The third-order valence-corrected chi connectivity index (χ3v) is 7.25. The number of amides is 4. The number of hydrogen-bond donors (Lipinski definition) is 0. The molecule has 36 heavy (non-hydrogen) atoms. The van der Waals surface area contributed by atoms with Crippen LogP contribution < -0.4 is 5.01 Å². The van der Waals surface area contributed by atoms with Crippen LogP contribution in [-0.2, 0) is 0 Å². The summed E-state index contributed by atoms with van der Waals surface area (Å²) in [6.07, 6.45) is 4.99. The number of benzene rings is 3. The molecule has 1 unspecified atom stereocenters. The van der Waals surface area contributed by atoms with E-state index in [1.165, 1.54) is 9.91 Å². The van der Waals surface area contributed by atoms with Crippen molar-refractivity contribution in [2.24, 2.45) is 0 Å². The minimum atomic E-state index is -0.492. The number of para-hydroxylation sites is 1. The van der Waals surface area contributed by atoms with E-state index >= 15 is 0 Å². The summed E-state index contributed by atoms with van der Waals surface area (Å²) < 4.78 is 0. The van der Waals surface area contributed by atoms with Crippen molar-refractivity contribution >= 4 is 40.1 Å². The van der Waals surface area contributed by atoms with Crippen LogP contribution in [0.4, 0.5) is 5.69 Å². The fourth-order valence-electron chi connectivity index (χ4n) is 5.31. The van der Waals surface area contributed by atoms with E-state index in [1.807, 2.05) is 37.3 Å².